The van der Waals surface area contributed by atoms with E-state index in [1.165, 1.54) is 11.0 Å². The van der Waals surface area contributed by atoms with Crippen molar-refractivity contribution in [2.24, 2.45) is 5.92 Å². The van der Waals surface area contributed by atoms with E-state index < -0.39 is 6.04 Å². The van der Waals surface area contributed by atoms with E-state index in [0.29, 0.717) is 22.6 Å². The van der Waals surface area contributed by atoms with Gasteiger partial charge in [-0.05, 0) is 36.2 Å². The highest BCUT2D eigenvalue weighted by molar-refractivity contribution is 6.30. The molecule has 0 heterocycles. The van der Waals surface area contributed by atoms with Gasteiger partial charge in [-0.3, -0.25) is 9.59 Å². The molecule has 0 spiro atoms. The maximum atomic E-state index is 13.9. The lowest BCUT2D eigenvalue weighted by Gasteiger charge is -2.28. The number of benzene rings is 2. The average Bonchev–Trinajstić information content (AvgIpc) is 2.67. The minimum absolute atomic E-state index is 0.0724. The van der Waals surface area contributed by atoms with Crippen molar-refractivity contribution < 1.29 is 14.0 Å². The van der Waals surface area contributed by atoms with Crippen molar-refractivity contribution in [3.63, 3.8) is 0 Å². The zero-order valence-electron chi connectivity index (χ0n) is 15.7. The fourth-order valence-electron chi connectivity index (χ4n) is 2.71. The molecule has 0 radical (unpaired) electrons. The van der Waals surface area contributed by atoms with Crippen LogP contribution in [0.4, 0.5) is 4.39 Å². The molecule has 2 atom stereocenters. The Balaban J connectivity index is 2.14. The van der Waals surface area contributed by atoms with Gasteiger partial charge in [-0.25, -0.2) is 4.39 Å². The molecule has 27 heavy (non-hydrogen) atoms. The van der Waals surface area contributed by atoms with Gasteiger partial charge in [0, 0.05) is 29.7 Å². The second-order valence-corrected chi connectivity index (χ2v) is 7.07. The summed E-state index contributed by atoms with van der Waals surface area (Å²) >= 11 is 5.85. The fourth-order valence-corrected chi connectivity index (χ4v) is 2.83. The molecule has 0 bridgehead atoms. The van der Waals surface area contributed by atoms with E-state index in [1.54, 1.807) is 49.5 Å². The van der Waals surface area contributed by atoms with Crippen molar-refractivity contribution in [2.75, 3.05) is 7.05 Å². The molecule has 144 valence electrons. The fraction of sp³-hybridized carbons (Fsp3) is 0.333. The molecular weight excluding hydrogens is 367 g/mol. The molecule has 0 fully saturated rings. The predicted molar refractivity (Wildman–Crippen MR) is 105 cm³/mol. The topological polar surface area (TPSA) is 49.4 Å². The number of halogens is 2. The molecule has 0 aromatic heterocycles. The summed E-state index contributed by atoms with van der Waals surface area (Å²) in [5.74, 6) is -1.03. The standard InChI is InChI=1S/C21H24ClFN2O2/c1-4-14(2)19(24-20(26)15-9-11-17(22)12-10-15)21(27)25(3)13-16-7-5-6-8-18(16)23/h5-12,14,19H,4,13H2,1-3H3,(H,24,26). The Morgan fingerprint density at radius 3 is 2.37 bits per heavy atom. The van der Waals surface area contributed by atoms with Gasteiger partial charge in [0.1, 0.15) is 11.9 Å². The van der Waals surface area contributed by atoms with Gasteiger partial charge in [-0.1, -0.05) is 50.1 Å². The van der Waals surface area contributed by atoms with Crippen LogP contribution in [0.25, 0.3) is 0 Å². The van der Waals surface area contributed by atoms with Gasteiger partial charge in [0.05, 0.1) is 0 Å². The largest absolute Gasteiger partial charge is 0.340 e. The van der Waals surface area contributed by atoms with Crippen LogP contribution in [-0.4, -0.2) is 29.8 Å². The Morgan fingerprint density at radius 1 is 1.15 bits per heavy atom. The molecule has 0 aliphatic rings. The molecule has 0 saturated carbocycles. The Kier molecular flexibility index (Phi) is 7.36. The lowest BCUT2D eigenvalue weighted by molar-refractivity contribution is -0.133. The van der Waals surface area contributed by atoms with E-state index in [0.717, 1.165) is 0 Å². The van der Waals surface area contributed by atoms with Crippen LogP contribution in [0, 0.1) is 11.7 Å². The lowest BCUT2D eigenvalue weighted by Crippen LogP contribution is -2.50. The van der Waals surface area contributed by atoms with E-state index in [9.17, 15) is 14.0 Å². The molecule has 0 aliphatic heterocycles. The smallest absolute Gasteiger partial charge is 0.251 e. The van der Waals surface area contributed by atoms with E-state index in [1.807, 2.05) is 13.8 Å². The van der Waals surface area contributed by atoms with Gasteiger partial charge in [0.25, 0.3) is 5.91 Å². The lowest BCUT2D eigenvalue weighted by atomic mass is 9.97. The molecular formula is C21H24ClFN2O2. The quantitative estimate of drug-likeness (QED) is 0.767. The molecule has 0 saturated heterocycles. The van der Waals surface area contributed by atoms with Crippen molar-refractivity contribution in [1.29, 1.82) is 0 Å². The molecule has 1 N–H and O–H groups in total. The zero-order valence-corrected chi connectivity index (χ0v) is 16.5. The summed E-state index contributed by atoms with van der Waals surface area (Å²) in [7, 11) is 1.61. The van der Waals surface area contributed by atoms with Gasteiger partial charge < -0.3 is 10.2 Å². The summed E-state index contributed by atoms with van der Waals surface area (Å²) in [4.78, 5) is 26.9. The third-order valence-electron chi connectivity index (χ3n) is 4.61. The third kappa shape index (κ3) is 5.54. The third-order valence-corrected chi connectivity index (χ3v) is 4.87. The Bertz CT molecular complexity index is 795. The number of likely N-dealkylation sites (N-methyl/N-ethyl adjacent to an activating group) is 1. The van der Waals surface area contributed by atoms with E-state index in [4.69, 9.17) is 11.6 Å². The number of hydrogen-bond acceptors (Lipinski definition) is 2. The first-order valence-electron chi connectivity index (χ1n) is 8.88. The van der Waals surface area contributed by atoms with Gasteiger partial charge in [-0.2, -0.15) is 0 Å². The zero-order chi connectivity index (χ0) is 20.0. The maximum absolute atomic E-state index is 13.9. The number of amides is 2. The number of nitrogens with zero attached hydrogens (tertiary/aromatic N) is 1. The summed E-state index contributed by atoms with van der Waals surface area (Å²) in [5.41, 5.74) is 0.859. The van der Waals surface area contributed by atoms with Crippen LogP contribution in [0.5, 0.6) is 0 Å². The summed E-state index contributed by atoms with van der Waals surface area (Å²) in [6.07, 6.45) is 0.713. The van der Waals surface area contributed by atoms with Crippen molar-refractivity contribution in [1.82, 2.24) is 10.2 Å². The molecule has 6 heteroatoms. The first-order chi connectivity index (χ1) is 12.8. The normalized spacial score (nSPS) is 12.9. The minimum Gasteiger partial charge on any atom is -0.340 e. The summed E-state index contributed by atoms with van der Waals surface area (Å²) < 4.78 is 13.9. The Hall–Kier alpha value is -2.40. The van der Waals surface area contributed by atoms with Crippen molar-refractivity contribution >= 4 is 23.4 Å². The van der Waals surface area contributed by atoms with E-state index in [2.05, 4.69) is 5.32 Å². The number of carbonyl (C=O) groups is 2. The van der Waals surface area contributed by atoms with Crippen molar-refractivity contribution in [3.05, 3.63) is 70.5 Å². The highest BCUT2D eigenvalue weighted by Gasteiger charge is 2.29. The summed E-state index contributed by atoms with van der Waals surface area (Å²) in [6.45, 7) is 3.99. The number of rotatable bonds is 7. The van der Waals surface area contributed by atoms with Gasteiger partial charge in [-0.15, -0.1) is 0 Å². The van der Waals surface area contributed by atoms with Crippen molar-refractivity contribution in [2.45, 2.75) is 32.9 Å². The van der Waals surface area contributed by atoms with E-state index >= 15 is 0 Å². The monoisotopic (exact) mass is 390 g/mol. The molecule has 2 unspecified atom stereocenters. The summed E-state index contributed by atoms with van der Waals surface area (Å²) in [6, 6.07) is 12.1. The average molecular weight is 391 g/mol. The molecule has 4 nitrogen and oxygen atoms in total. The highest BCUT2D eigenvalue weighted by Crippen LogP contribution is 2.16. The van der Waals surface area contributed by atoms with Crippen LogP contribution in [0.3, 0.4) is 0 Å². The molecule has 2 amide bonds. The first kappa shape index (κ1) is 20.9. The molecule has 2 rings (SSSR count). The van der Waals surface area contributed by atoms with Crippen LogP contribution >= 0.6 is 11.6 Å². The molecule has 2 aromatic carbocycles. The predicted octanol–water partition coefficient (Wildman–Crippen LogP) is 4.28. The number of nitrogens with one attached hydrogen (secondary N) is 1. The van der Waals surface area contributed by atoms with E-state index in [-0.39, 0.29) is 30.1 Å². The SMILES string of the molecule is CCC(C)C(NC(=O)c1ccc(Cl)cc1)C(=O)N(C)Cc1ccccc1F. The second kappa shape index (κ2) is 9.51. The van der Waals surface area contributed by atoms with Gasteiger partial charge >= 0.3 is 0 Å². The highest BCUT2D eigenvalue weighted by atomic mass is 35.5. The van der Waals surface area contributed by atoms with Gasteiger partial charge in [0.2, 0.25) is 5.91 Å². The van der Waals surface area contributed by atoms with Crippen LogP contribution in [-0.2, 0) is 11.3 Å². The summed E-state index contributed by atoms with van der Waals surface area (Å²) in [5, 5.41) is 3.35. The minimum atomic E-state index is -0.699. The number of carbonyl (C=O) groups excluding carboxylic acids is 2. The van der Waals surface area contributed by atoms with Crippen LogP contribution in [0.15, 0.2) is 48.5 Å². The molecule has 2 aromatic rings. The van der Waals surface area contributed by atoms with Crippen LogP contribution in [0.1, 0.15) is 36.2 Å². The number of hydrogen-bond donors (Lipinski definition) is 1. The van der Waals surface area contributed by atoms with Crippen molar-refractivity contribution in [3.8, 4) is 0 Å². The van der Waals surface area contributed by atoms with Crippen LogP contribution < -0.4 is 5.32 Å². The Morgan fingerprint density at radius 2 is 1.78 bits per heavy atom. The van der Waals surface area contributed by atoms with Gasteiger partial charge in [0.15, 0.2) is 0 Å². The second-order valence-electron chi connectivity index (χ2n) is 6.63. The Labute approximate surface area is 164 Å². The van der Waals surface area contributed by atoms with Crippen LogP contribution in [0.2, 0.25) is 5.02 Å². The first-order valence-corrected chi connectivity index (χ1v) is 9.26. The molecule has 0 aliphatic carbocycles. The maximum Gasteiger partial charge on any atom is 0.251 e.